The summed E-state index contributed by atoms with van der Waals surface area (Å²) in [5.74, 6) is 0.793. The summed E-state index contributed by atoms with van der Waals surface area (Å²) in [7, 11) is 0. The fraction of sp³-hybridized carbons (Fsp3) is 0.750. The van der Waals surface area contributed by atoms with Gasteiger partial charge in [-0.3, -0.25) is 0 Å². The molecule has 1 aromatic rings. The minimum absolute atomic E-state index is 0. The van der Waals surface area contributed by atoms with E-state index in [1.54, 1.807) is 0 Å². The van der Waals surface area contributed by atoms with Crippen LogP contribution in [0.2, 0.25) is 0 Å². The fourth-order valence-corrected chi connectivity index (χ4v) is 3.13. The summed E-state index contributed by atoms with van der Waals surface area (Å²) in [6.07, 6.45) is 3.75. The van der Waals surface area contributed by atoms with E-state index in [4.69, 9.17) is 0 Å². The lowest BCUT2D eigenvalue weighted by molar-refractivity contribution is 0.405. The third-order valence-electron chi connectivity index (χ3n) is 2.96. The molecule has 2 nitrogen and oxygen atoms in total. The van der Waals surface area contributed by atoms with Gasteiger partial charge in [-0.1, -0.05) is 13.8 Å². The van der Waals surface area contributed by atoms with Crippen LogP contribution in [0, 0.1) is 12.8 Å². The average molecular weight is 261 g/mol. The summed E-state index contributed by atoms with van der Waals surface area (Å²) in [6, 6.07) is 0.601. The minimum atomic E-state index is 0. The molecule has 1 aliphatic rings. The van der Waals surface area contributed by atoms with E-state index in [-0.39, 0.29) is 12.4 Å². The van der Waals surface area contributed by atoms with E-state index in [0.717, 1.165) is 12.5 Å². The Morgan fingerprint density at radius 2 is 2.25 bits per heavy atom. The zero-order valence-electron chi connectivity index (χ0n) is 10.2. The Labute approximate surface area is 108 Å². The number of aromatic nitrogens is 1. The van der Waals surface area contributed by atoms with Crippen LogP contribution >= 0.6 is 23.7 Å². The molecule has 0 amide bonds. The molecule has 1 N–H and O–H groups in total. The highest BCUT2D eigenvalue weighted by atomic mass is 35.5. The van der Waals surface area contributed by atoms with Gasteiger partial charge in [0.05, 0.1) is 10.7 Å². The van der Waals surface area contributed by atoms with Gasteiger partial charge in [0.15, 0.2) is 0 Å². The number of rotatable bonds is 3. The van der Waals surface area contributed by atoms with Crippen molar-refractivity contribution in [3.8, 4) is 0 Å². The quantitative estimate of drug-likeness (QED) is 0.904. The van der Waals surface area contributed by atoms with Crippen LogP contribution in [0.4, 0.5) is 0 Å². The topological polar surface area (TPSA) is 24.9 Å². The van der Waals surface area contributed by atoms with Crippen molar-refractivity contribution in [3.63, 3.8) is 0 Å². The Balaban J connectivity index is 0.00000128. The molecule has 0 fully saturated rings. The standard InChI is InChI=1S/C12H20N2S.ClH/c1-8(2)13-7-10-4-5-12-11(6-10)14-9(3)15-12;/h8,10,13H,4-7H2,1-3H3;1H. The molecule has 1 atom stereocenters. The first-order valence-electron chi connectivity index (χ1n) is 5.83. The van der Waals surface area contributed by atoms with Gasteiger partial charge >= 0.3 is 0 Å². The van der Waals surface area contributed by atoms with Crippen molar-refractivity contribution in [2.24, 2.45) is 5.92 Å². The molecule has 1 heterocycles. The zero-order valence-corrected chi connectivity index (χ0v) is 11.9. The summed E-state index contributed by atoms with van der Waals surface area (Å²) >= 11 is 1.89. The lowest BCUT2D eigenvalue weighted by Gasteiger charge is -2.22. The van der Waals surface area contributed by atoms with Crippen molar-refractivity contribution < 1.29 is 0 Å². The van der Waals surface area contributed by atoms with Crippen molar-refractivity contribution in [1.29, 1.82) is 0 Å². The number of fused-ring (bicyclic) bond motifs is 1. The number of aryl methyl sites for hydroxylation is 2. The van der Waals surface area contributed by atoms with Crippen molar-refractivity contribution in [1.82, 2.24) is 10.3 Å². The lowest BCUT2D eigenvalue weighted by atomic mass is 9.91. The first-order valence-corrected chi connectivity index (χ1v) is 6.65. The molecule has 0 saturated heterocycles. The van der Waals surface area contributed by atoms with Crippen LogP contribution in [0.5, 0.6) is 0 Å². The van der Waals surface area contributed by atoms with Gasteiger partial charge in [-0.05, 0) is 38.6 Å². The van der Waals surface area contributed by atoms with Gasteiger partial charge in [0, 0.05) is 10.9 Å². The lowest BCUT2D eigenvalue weighted by Crippen LogP contribution is -2.31. The Hall–Kier alpha value is -0.120. The summed E-state index contributed by atoms with van der Waals surface area (Å²) in [4.78, 5) is 6.15. The Kier molecular flexibility index (Phi) is 5.22. The molecule has 1 aliphatic carbocycles. The van der Waals surface area contributed by atoms with E-state index < -0.39 is 0 Å². The van der Waals surface area contributed by atoms with Gasteiger partial charge in [0.1, 0.15) is 0 Å². The fourth-order valence-electron chi connectivity index (χ4n) is 2.15. The second kappa shape index (κ2) is 5.99. The second-order valence-electron chi connectivity index (χ2n) is 4.77. The normalized spacial score (nSPS) is 19.4. The molecule has 2 rings (SSSR count). The smallest absolute Gasteiger partial charge is 0.0900 e. The third kappa shape index (κ3) is 3.44. The predicted octanol–water partition coefficient (Wildman–Crippen LogP) is 2.98. The van der Waals surface area contributed by atoms with Crippen LogP contribution in [0.3, 0.4) is 0 Å². The van der Waals surface area contributed by atoms with E-state index in [1.807, 2.05) is 11.3 Å². The molecule has 0 bridgehead atoms. The van der Waals surface area contributed by atoms with Gasteiger partial charge in [-0.2, -0.15) is 0 Å². The van der Waals surface area contributed by atoms with E-state index in [1.165, 1.54) is 34.8 Å². The van der Waals surface area contributed by atoms with E-state index in [0.29, 0.717) is 6.04 Å². The largest absolute Gasteiger partial charge is 0.314 e. The first-order chi connectivity index (χ1) is 7.15. The number of nitrogens with one attached hydrogen (secondary N) is 1. The molecule has 4 heteroatoms. The molecule has 0 radical (unpaired) electrons. The predicted molar refractivity (Wildman–Crippen MR) is 72.8 cm³/mol. The first kappa shape index (κ1) is 13.9. The maximum absolute atomic E-state index is 4.62. The van der Waals surface area contributed by atoms with Gasteiger partial charge in [-0.15, -0.1) is 23.7 Å². The average Bonchev–Trinajstić information content (AvgIpc) is 2.53. The van der Waals surface area contributed by atoms with Crippen LogP contribution in [0.25, 0.3) is 0 Å². The second-order valence-corrected chi connectivity index (χ2v) is 6.06. The maximum Gasteiger partial charge on any atom is 0.0900 e. The molecule has 0 aliphatic heterocycles. The number of thiazole rings is 1. The van der Waals surface area contributed by atoms with Crippen LogP contribution in [-0.4, -0.2) is 17.6 Å². The molecule has 1 aromatic heterocycles. The Morgan fingerprint density at radius 3 is 2.94 bits per heavy atom. The van der Waals surface area contributed by atoms with E-state index >= 15 is 0 Å². The van der Waals surface area contributed by atoms with Crippen LogP contribution in [0.15, 0.2) is 0 Å². The summed E-state index contributed by atoms with van der Waals surface area (Å²) in [6.45, 7) is 7.68. The number of hydrogen-bond donors (Lipinski definition) is 1. The van der Waals surface area contributed by atoms with Gasteiger partial charge in [-0.25, -0.2) is 4.98 Å². The maximum atomic E-state index is 4.62. The minimum Gasteiger partial charge on any atom is -0.314 e. The summed E-state index contributed by atoms with van der Waals surface area (Å²) < 4.78 is 0. The number of nitrogens with zero attached hydrogens (tertiary/aromatic N) is 1. The molecule has 16 heavy (non-hydrogen) atoms. The van der Waals surface area contributed by atoms with Crippen molar-refractivity contribution in [2.75, 3.05) is 6.54 Å². The van der Waals surface area contributed by atoms with Gasteiger partial charge in [0.25, 0.3) is 0 Å². The molecule has 0 aromatic carbocycles. The molecule has 0 spiro atoms. The monoisotopic (exact) mass is 260 g/mol. The molecular weight excluding hydrogens is 240 g/mol. The number of hydrogen-bond acceptors (Lipinski definition) is 3. The highest BCUT2D eigenvalue weighted by Crippen LogP contribution is 2.29. The van der Waals surface area contributed by atoms with Crippen molar-refractivity contribution in [2.45, 2.75) is 46.1 Å². The summed E-state index contributed by atoms with van der Waals surface area (Å²) in [5, 5.41) is 4.76. The van der Waals surface area contributed by atoms with E-state index in [2.05, 4.69) is 31.1 Å². The number of halogens is 1. The Morgan fingerprint density at radius 1 is 1.50 bits per heavy atom. The SMILES string of the molecule is Cc1nc2c(s1)CCC(CNC(C)C)C2.Cl. The molecule has 0 saturated carbocycles. The van der Waals surface area contributed by atoms with Crippen LogP contribution in [0.1, 0.15) is 35.8 Å². The van der Waals surface area contributed by atoms with Crippen LogP contribution in [-0.2, 0) is 12.8 Å². The third-order valence-corrected chi connectivity index (χ3v) is 4.03. The Bertz CT molecular complexity index is 336. The molecule has 1 unspecified atom stereocenters. The molecular formula is C12H21ClN2S. The van der Waals surface area contributed by atoms with E-state index in [9.17, 15) is 0 Å². The highest BCUT2D eigenvalue weighted by molar-refractivity contribution is 7.11. The van der Waals surface area contributed by atoms with Crippen LogP contribution < -0.4 is 5.32 Å². The zero-order chi connectivity index (χ0) is 10.8. The summed E-state index contributed by atoms with van der Waals surface area (Å²) in [5.41, 5.74) is 1.37. The van der Waals surface area contributed by atoms with Crippen molar-refractivity contribution in [3.05, 3.63) is 15.6 Å². The van der Waals surface area contributed by atoms with Gasteiger partial charge in [0.2, 0.25) is 0 Å². The van der Waals surface area contributed by atoms with Crippen molar-refractivity contribution >= 4 is 23.7 Å². The highest BCUT2D eigenvalue weighted by Gasteiger charge is 2.21. The molecule has 92 valence electrons. The van der Waals surface area contributed by atoms with Gasteiger partial charge < -0.3 is 5.32 Å².